The lowest BCUT2D eigenvalue weighted by Gasteiger charge is -2.09. The van der Waals surface area contributed by atoms with Crippen molar-refractivity contribution in [3.8, 4) is 0 Å². The molecule has 0 saturated heterocycles. The van der Waals surface area contributed by atoms with E-state index in [1.807, 2.05) is 6.92 Å². The molecule has 1 atom stereocenters. The number of rotatable bonds is 5. The first-order chi connectivity index (χ1) is 7.45. The minimum absolute atomic E-state index is 0.193. The Balaban J connectivity index is 3.99. The van der Waals surface area contributed by atoms with Crippen LogP contribution in [0, 0.1) is 0 Å². The van der Waals surface area contributed by atoms with E-state index in [2.05, 4.69) is 0 Å². The van der Waals surface area contributed by atoms with Gasteiger partial charge in [0.15, 0.2) is 0 Å². The van der Waals surface area contributed by atoms with Gasteiger partial charge in [0, 0.05) is 12.2 Å². The number of amides is 3. The predicted molar refractivity (Wildman–Crippen MR) is 57.3 cm³/mol. The highest BCUT2D eigenvalue weighted by atomic mass is 16.5. The fraction of sp³-hybridized carbons (Fsp3) is 0.500. The van der Waals surface area contributed by atoms with Gasteiger partial charge in [0.2, 0.25) is 0 Å². The predicted octanol–water partition coefficient (Wildman–Crippen LogP) is 0.469. The average molecular weight is 228 g/mol. The number of imide groups is 1. The van der Waals surface area contributed by atoms with Crippen LogP contribution in [0.1, 0.15) is 26.7 Å². The van der Waals surface area contributed by atoms with E-state index < -0.39 is 17.9 Å². The second-order valence-electron chi connectivity index (χ2n) is 3.22. The van der Waals surface area contributed by atoms with Crippen molar-refractivity contribution < 1.29 is 19.1 Å². The van der Waals surface area contributed by atoms with Crippen molar-refractivity contribution in [1.82, 2.24) is 5.32 Å². The number of hydrogen-bond donors (Lipinski definition) is 2. The maximum atomic E-state index is 11.1. The Bertz CT molecular complexity index is 299. The van der Waals surface area contributed by atoms with Crippen LogP contribution in [0.15, 0.2) is 12.2 Å². The molecule has 16 heavy (non-hydrogen) atoms. The van der Waals surface area contributed by atoms with Gasteiger partial charge in [0.1, 0.15) is 0 Å². The van der Waals surface area contributed by atoms with E-state index in [1.54, 1.807) is 12.2 Å². The van der Waals surface area contributed by atoms with Crippen LogP contribution in [-0.4, -0.2) is 24.0 Å². The molecule has 6 heteroatoms. The van der Waals surface area contributed by atoms with Crippen molar-refractivity contribution >= 4 is 17.9 Å². The van der Waals surface area contributed by atoms with Gasteiger partial charge >= 0.3 is 12.0 Å². The monoisotopic (exact) mass is 228 g/mol. The molecule has 0 fully saturated rings. The molecule has 0 aliphatic rings. The first-order valence-corrected chi connectivity index (χ1v) is 4.94. The van der Waals surface area contributed by atoms with Crippen LogP contribution in [0.5, 0.6) is 0 Å². The third kappa shape index (κ3) is 7.54. The zero-order chi connectivity index (χ0) is 12.6. The van der Waals surface area contributed by atoms with Crippen LogP contribution < -0.4 is 11.1 Å². The summed E-state index contributed by atoms with van der Waals surface area (Å²) < 4.78 is 4.92. The van der Waals surface area contributed by atoms with Gasteiger partial charge in [-0.25, -0.2) is 9.59 Å². The van der Waals surface area contributed by atoms with E-state index in [1.165, 1.54) is 0 Å². The minimum atomic E-state index is -0.970. The largest absolute Gasteiger partial charge is 0.460 e. The number of urea groups is 1. The number of carbonyl (C=O) groups is 3. The van der Waals surface area contributed by atoms with Crippen LogP contribution >= 0.6 is 0 Å². The minimum Gasteiger partial charge on any atom is -0.460 e. The van der Waals surface area contributed by atoms with Crippen LogP contribution in [-0.2, 0) is 14.3 Å². The molecule has 0 aromatic rings. The summed E-state index contributed by atoms with van der Waals surface area (Å²) in [5.41, 5.74) is 4.70. The van der Waals surface area contributed by atoms with Gasteiger partial charge in [-0.3, -0.25) is 10.1 Å². The Morgan fingerprint density at radius 2 is 2.00 bits per heavy atom. The molecule has 0 rings (SSSR count). The van der Waals surface area contributed by atoms with Crippen LogP contribution in [0.4, 0.5) is 4.79 Å². The lowest BCUT2D eigenvalue weighted by molar-refractivity contribution is -0.142. The first-order valence-electron chi connectivity index (χ1n) is 4.94. The summed E-state index contributed by atoms with van der Waals surface area (Å²) in [6.07, 6.45) is 3.31. The van der Waals surface area contributed by atoms with Gasteiger partial charge in [-0.2, -0.15) is 0 Å². The molecule has 0 radical (unpaired) electrons. The number of esters is 1. The number of nitrogens with two attached hydrogens (primary N) is 1. The van der Waals surface area contributed by atoms with Gasteiger partial charge in [0.25, 0.3) is 5.91 Å². The number of primary amides is 1. The average Bonchev–Trinajstić information content (AvgIpc) is 2.14. The van der Waals surface area contributed by atoms with Crippen molar-refractivity contribution in [2.75, 3.05) is 0 Å². The lowest BCUT2D eigenvalue weighted by Crippen LogP contribution is -2.33. The molecule has 0 heterocycles. The van der Waals surface area contributed by atoms with E-state index in [0.29, 0.717) is 0 Å². The zero-order valence-electron chi connectivity index (χ0n) is 9.36. The molecule has 90 valence electrons. The summed E-state index contributed by atoms with van der Waals surface area (Å²) in [5, 5.41) is 1.78. The van der Waals surface area contributed by atoms with E-state index in [-0.39, 0.29) is 6.10 Å². The quantitative estimate of drug-likeness (QED) is 0.527. The second kappa shape index (κ2) is 7.44. The third-order valence-electron chi connectivity index (χ3n) is 1.63. The summed E-state index contributed by atoms with van der Waals surface area (Å²) in [6, 6.07) is -0.970. The van der Waals surface area contributed by atoms with E-state index in [9.17, 15) is 14.4 Å². The van der Waals surface area contributed by atoms with Crippen molar-refractivity contribution in [2.45, 2.75) is 32.8 Å². The Morgan fingerprint density at radius 3 is 2.50 bits per heavy atom. The van der Waals surface area contributed by atoms with Gasteiger partial charge < -0.3 is 10.5 Å². The van der Waals surface area contributed by atoms with Gasteiger partial charge in [-0.05, 0) is 13.3 Å². The van der Waals surface area contributed by atoms with Crippen LogP contribution in [0.3, 0.4) is 0 Å². The summed E-state index contributed by atoms with van der Waals surface area (Å²) >= 11 is 0. The second-order valence-corrected chi connectivity index (χ2v) is 3.22. The van der Waals surface area contributed by atoms with E-state index >= 15 is 0 Å². The Kier molecular flexibility index (Phi) is 6.58. The Labute approximate surface area is 93.8 Å². The maximum Gasteiger partial charge on any atom is 0.331 e. The molecule has 0 aromatic carbocycles. The molecule has 3 N–H and O–H groups in total. The lowest BCUT2D eigenvalue weighted by atomic mass is 10.2. The fourth-order valence-electron chi connectivity index (χ4n) is 1.01. The summed E-state index contributed by atoms with van der Waals surface area (Å²) in [5.74, 6) is -1.38. The smallest absolute Gasteiger partial charge is 0.331 e. The maximum absolute atomic E-state index is 11.1. The first kappa shape index (κ1) is 14.2. The number of hydrogen-bond acceptors (Lipinski definition) is 4. The number of ether oxygens (including phenoxy) is 1. The molecule has 0 bridgehead atoms. The molecule has 0 spiro atoms. The van der Waals surface area contributed by atoms with E-state index in [4.69, 9.17) is 10.5 Å². The molecule has 6 nitrogen and oxygen atoms in total. The normalized spacial score (nSPS) is 12.1. The van der Waals surface area contributed by atoms with Crippen LogP contribution in [0.2, 0.25) is 0 Å². The molecule has 1 unspecified atom stereocenters. The number of nitrogens with one attached hydrogen (secondary N) is 1. The fourth-order valence-corrected chi connectivity index (χ4v) is 1.01. The summed E-state index contributed by atoms with van der Waals surface area (Å²) in [6.45, 7) is 3.74. The van der Waals surface area contributed by atoms with Crippen LogP contribution in [0.25, 0.3) is 0 Å². The highest BCUT2D eigenvalue weighted by Crippen LogP contribution is 2.01. The van der Waals surface area contributed by atoms with Gasteiger partial charge in [-0.1, -0.05) is 13.3 Å². The van der Waals surface area contributed by atoms with E-state index in [0.717, 1.165) is 25.0 Å². The molecule has 3 amide bonds. The standard InChI is InChI=1S/C10H16N2O4/c1-3-4-7(2)16-9(14)6-5-8(13)12-10(11)15/h5-7H,3-4H2,1-2H3,(H3,11,12,13,15). The summed E-state index contributed by atoms with van der Waals surface area (Å²) in [4.78, 5) is 32.2. The Morgan fingerprint density at radius 1 is 1.38 bits per heavy atom. The molecular weight excluding hydrogens is 212 g/mol. The highest BCUT2D eigenvalue weighted by molar-refractivity contribution is 6.02. The molecule has 0 saturated carbocycles. The molecule has 0 aromatic heterocycles. The van der Waals surface area contributed by atoms with Crippen molar-refractivity contribution in [3.63, 3.8) is 0 Å². The van der Waals surface area contributed by atoms with Crippen molar-refractivity contribution in [2.24, 2.45) is 5.73 Å². The number of carbonyl (C=O) groups excluding carboxylic acids is 3. The highest BCUT2D eigenvalue weighted by Gasteiger charge is 2.06. The SMILES string of the molecule is CCCC(C)OC(=O)C=CC(=O)NC(N)=O. The Hall–Kier alpha value is -1.85. The zero-order valence-corrected chi connectivity index (χ0v) is 9.36. The molecule has 0 aliphatic carbocycles. The third-order valence-corrected chi connectivity index (χ3v) is 1.63. The van der Waals surface area contributed by atoms with Gasteiger partial charge in [0.05, 0.1) is 6.10 Å². The van der Waals surface area contributed by atoms with Crippen molar-refractivity contribution in [3.05, 3.63) is 12.2 Å². The molecule has 0 aliphatic heterocycles. The topological polar surface area (TPSA) is 98.5 Å². The van der Waals surface area contributed by atoms with Crippen molar-refractivity contribution in [1.29, 1.82) is 0 Å². The molecular formula is C10H16N2O4. The van der Waals surface area contributed by atoms with Gasteiger partial charge in [-0.15, -0.1) is 0 Å². The summed E-state index contributed by atoms with van der Waals surface area (Å²) in [7, 11) is 0.